The van der Waals surface area contributed by atoms with Crippen molar-refractivity contribution >= 4 is 22.6 Å². The molecule has 0 amide bonds. The number of nitrogens with zero attached hydrogens (tertiary/aromatic N) is 2. The molecule has 4 nitrogen and oxygen atoms in total. The van der Waals surface area contributed by atoms with Crippen molar-refractivity contribution in [2.45, 2.75) is 32.4 Å². The monoisotopic (exact) mass is 315 g/mol. The molecule has 1 N–H and O–H groups in total. The Labute approximate surface area is 125 Å². The minimum atomic E-state index is -2.70. The number of benzene rings is 1. The lowest BCUT2D eigenvalue weighted by Crippen LogP contribution is -2.28. The number of rotatable bonds is 7. The van der Waals surface area contributed by atoms with Gasteiger partial charge in [-0.05, 0) is 43.0 Å². The molecule has 0 spiro atoms. The highest BCUT2D eigenvalue weighted by Gasteiger charge is 2.33. The van der Waals surface area contributed by atoms with E-state index >= 15 is 0 Å². The third-order valence-corrected chi connectivity index (χ3v) is 11.3. The van der Waals surface area contributed by atoms with Gasteiger partial charge in [-0.1, -0.05) is 39.0 Å². The zero-order chi connectivity index (χ0) is 15.2. The molecule has 0 radical (unpaired) electrons. The van der Waals surface area contributed by atoms with E-state index in [0.717, 1.165) is 18.7 Å². The summed E-state index contributed by atoms with van der Waals surface area (Å²) in [6.45, 7) is 4.31. The van der Waals surface area contributed by atoms with Crippen LogP contribution in [0.4, 0.5) is 5.69 Å². The summed E-state index contributed by atoms with van der Waals surface area (Å²) >= 11 is 0. The van der Waals surface area contributed by atoms with Gasteiger partial charge in [-0.3, -0.25) is 4.57 Å². The molecule has 3 atom stereocenters. The van der Waals surface area contributed by atoms with Gasteiger partial charge in [0, 0.05) is 11.8 Å². The fourth-order valence-electron chi connectivity index (χ4n) is 1.73. The minimum absolute atomic E-state index is 0.280. The van der Waals surface area contributed by atoms with Crippen LogP contribution in [0.25, 0.3) is 0 Å². The second kappa shape index (κ2) is 8.08. The quantitative estimate of drug-likeness (QED) is 0.767. The van der Waals surface area contributed by atoms with Gasteiger partial charge in [0.15, 0.2) is 0 Å². The average molecular weight is 315 g/mol. The summed E-state index contributed by atoms with van der Waals surface area (Å²) < 4.78 is 20.1. The van der Waals surface area contributed by atoms with Crippen LogP contribution < -0.4 is 5.09 Å². The van der Waals surface area contributed by atoms with Gasteiger partial charge >= 0.3 is 0 Å². The fourth-order valence-corrected chi connectivity index (χ4v) is 8.62. The molecule has 0 aliphatic heterocycles. The maximum atomic E-state index is 13.4. The predicted molar refractivity (Wildman–Crippen MR) is 90.6 cm³/mol. The van der Waals surface area contributed by atoms with E-state index in [0.29, 0.717) is 0 Å². The first-order valence-corrected chi connectivity index (χ1v) is 10.5. The topological polar surface area (TPSA) is 44.7 Å². The normalized spacial score (nSPS) is 17.9. The van der Waals surface area contributed by atoms with Crippen LogP contribution in [0.15, 0.2) is 34.7 Å². The van der Waals surface area contributed by atoms with Crippen LogP contribution in [-0.4, -0.2) is 30.6 Å². The van der Waals surface area contributed by atoms with E-state index < -0.39 is 17.0 Å². The first-order chi connectivity index (χ1) is 9.49. The highest BCUT2D eigenvalue weighted by atomic mass is 32.8. The molecule has 0 saturated carbocycles. The molecule has 0 bridgehead atoms. The Hall–Kier alpha value is -0.480. The molecule has 1 rings (SSSR count). The van der Waals surface area contributed by atoms with Crippen molar-refractivity contribution in [1.82, 2.24) is 9.76 Å². The van der Waals surface area contributed by atoms with E-state index in [1.165, 1.54) is 0 Å². The van der Waals surface area contributed by atoms with E-state index in [1.54, 1.807) is 7.05 Å². The zero-order valence-corrected chi connectivity index (χ0v) is 14.7. The third kappa shape index (κ3) is 4.01. The first-order valence-electron chi connectivity index (χ1n) is 7.00. The summed E-state index contributed by atoms with van der Waals surface area (Å²) in [4.78, 5) is 0. The standard InChI is InChI=1S/C14H26N3OPS/c1-6-13(3)20(16-14-11-9-8-10-12-14)19(18,15-4)17(5)7-2/h8-13H,6-7H2,1-5H3,(H,15,18). The maximum absolute atomic E-state index is 13.4. The molecule has 114 valence electrons. The summed E-state index contributed by atoms with van der Waals surface area (Å²) in [6.07, 6.45) is 0.961. The Morgan fingerprint density at radius 2 is 1.95 bits per heavy atom. The van der Waals surface area contributed by atoms with Crippen molar-refractivity contribution in [3.8, 4) is 0 Å². The number of nitrogens with one attached hydrogen (secondary N) is 1. The highest BCUT2D eigenvalue weighted by molar-refractivity contribution is 8.49. The van der Waals surface area contributed by atoms with Gasteiger partial charge in [-0.15, -0.1) is 0 Å². The van der Waals surface area contributed by atoms with Gasteiger partial charge in [0.2, 0.25) is 0 Å². The second-order valence-electron chi connectivity index (χ2n) is 4.66. The summed E-state index contributed by atoms with van der Waals surface area (Å²) in [7, 11) is 3.12. The van der Waals surface area contributed by atoms with E-state index in [9.17, 15) is 4.57 Å². The molecule has 1 aromatic rings. The van der Waals surface area contributed by atoms with Crippen molar-refractivity contribution in [3.05, 3.63) is 30.3 Å². The molecule has 0 aliphatic carbocycles. The fraction of sp³-hybridized carbons (Fsp3) is 0.571. The van der Waals surface area contributed by atoms with Crippen LogP contribution in [0.5, 0.6) is 0 Å². The first kappa shape index (κ1) is 17.6. The highest BCUT2D eigenvalue weighted by Crippen LogP contribution is 2.52. The van der Waals surface area contributed by atoms with Crippen LogP contribution in [0.3, 0.4) is 0 Å². The molecular weight excluding hydrogens is 289 g/mol. The molecule has 1 aromatic carbocycles. The van der Waals surface area contributed by atoms with E-state index in [-0.39, 0.29) is 5.25 Å². The van der Waals surface area contributed by atoms with Gasteiger partial charge in [0.05, 0.1) is 5.69 Å². The Morgan fingerprint density at radius 3 is 2.40 bits per heavy atom. The van der Waals surface area contributed by atoms with Crippen molar-refractivity contribution in [2.75, 3.05) is 20.6 Å². The molecule has 3 unspecified atom stereocenters. The Kier molecular flexibility index (Phi) is 7.10. The van der Waals surface area contributed by atoms with Crippen LogP contribution in [-0.2, 0) is 14.9 Å². The smallest absolute Gasteiger partial charge is 0.276 e. The van der Waals surface area contributed by atoms with Gasteiger partial charge in [-0.25, -0.2) is 14.1 Å². The van der Waals surface area contributed by atoms with Gasteiger partial charge in [0.25, 0.3) is 6.65 Å². The lowest BCUT2D eigenvalue weighted by Gasteiger charge is -2.31. The van der Waals surface area contributed by atoms with Crippen LogP contribution in [0.1, 0.15) is 27.2 Å². The molecule has 20 heavy (non-hydrogen) atoms. The minimum Gasteiger partial charge on any atom is -0.276 e. The van der Waals surface area contributed by atoms with Crippen LogP contribution in [0.2, 0.25) is 0 Å². The zero-order valence-electron chi connectivity index (χ0n) is 13.0. The Bertz CT molecular complexity index is 492. The van der Waals surface area contributed by atoms with Crippen LogP contribution in [0, 0.1) is 0 Å². The molecular formula is C14H26N3OPS. The summed E-state index contributed by atoms with van der Waals surface area (Å²) in [6, 6.07) is 9.83. The Morgan fingerprint density at radius 1 is 1.35 bits per heavy atom. The Balaban J connectivity index is 3.32. The van der Waals surface area contributed by atoms with Gasteiger partial charge < -0.3 is 0 Å². The molecule has 6 heteroatoms. The van der Waals surface area contributed by atoms with Gasteiger partial charge in [-0.2, -0.15) is 0 Å². The van der Waals surface area contributed by atoms with E-state index in [2.05, 4.69) is 18.9 Å². The summed E-state index contributed by atoms with van der Waals surface area (Å²) in [5, 5.41) is 3.34. The predicted octanol–water partition coefficient (Wildman–Crippen LogP) is 4.20. The number of hydrogen-bond acceptors (Lipinski definition) is 2. The average Bonchev–Trinajstić information content (AvgIpc) is 2.51. The molecule has 0 aromatic heterocycles. The molecule has 0 fully saturated rings. The molecule has 0 saturated heterocycles. The van der Waals surface area contributed by atoms with E-state index in [4.69, 9.17) is 4.36 Å². The number of hydrogen-bond donors (Lipinski definition) is 1. The summed E-state index contributed by atoms with van der Waals surface area (Å²) in [5.74, 6) is 0. The van der Waals surface area contributed by atoms with Crippen molar-refractivity contribution in [1.29, 1.82) is 0 Å². The van der Waals surface area contributed by atoms with E-state index in [1.807, 2.05) is 49.0 Å². The second-order valence-corrected chi connectivity index (χ2v) is 11.0. The van der Waals surface area contributed by atoms with Crippen molar-refractivity contribution in [2.24, 2.45) is 4.36 Å². The third-order valence-electron chi connectivity index (χ3n) is 3.33. The van der Waals surface area contributed by atoms with Crippen LogP contribution >= 0.6 is 6.65 Å². The lowest BCUT2D eigenvalue weighted by atomic mass is 10.3. The molecule has 0 heterocycles. The lowest BCUT2D eigenvalue weighted by molar-refractivity contribution is 0.490. The maximum Gasteiger partial charge on any atom is 0.279 e. The largest absolute Gasteiger partial charge is 0.279 e. The SMILES string of the molecule is CCC(C)S(=Nc1ccccc1)P(=O)(NC)N(C)CC. The van der Waals surface area contributed by atoms with Crippen molar-refractivity contribution < 1.29 is 4.57 Å². The van der Waals surface area contributed by atoms with Crippen molar-refractivity contribution in [3.63, 3.8) is 0 Å². The van der Waals surface area contributed by atoms with Gasteiger partial charge in [0.1, 0.15) is 0 Å². The summed E-state index contributed by atoms with van der Waals surface area (Å²) in [5.41, 5.74) is 0.899. The molecule has 0 aliphatic rings.